The predicted octanol–water partition coefficient (Wildman–Crippen LogP) is 3.59. The second-order valence-corrected chi connectivity index (χ2v) is 8.03. The first-order valence-corrected chi connectivity index (χ1v) is 10.5. The maximum absolute atomic E-state index is 13.1. The van der Waals surface area contributed by atoms with E-state index in [9.17, 15) is 4.79 Å². The second-order valence-electron chi connectivity index (χ2n) is 8.03. The third-order valence-corrected chi connectivity index (χ3v) is 6.13. The molecule has 0 saturated carbocycles. The normalized spacial score (nSPS) is 24.6. The zero-order chi connectivity index (χ0) is 19.2. The molecular weight excluding hydrogens is 348 g/mol. The molecule has 0 radical (unpaired) electrons. The van der Waals surface area contributed by atoms with E-state index in [2.05, 4.69) is 34.5 Å². The van der Waals surface area contributed by atoms with E-state index in [1.54, 1.807) is 0 Å². The second kappa shape index (κ2) is 9.35. The monoisotopic (exact) mass is 378 g/mol. The largest absolute Gasteiger partial charge is 0.460 e. The molecule has 5 rings (SSSR count). The first-order valence-electron chi connectivity index (χ1n) is 10.5. The van der Waals surface area contributed by atoms with Gasteiger partial charge in [0.05, 0.1) is 5.92 Å². The van der Waals surface area contributed by atoms with Crippen LogP contribution in [0.4, 0.5) is 0 Å². The van der Waals surface area contributed by atoms with Gasteiger partial charge in [-0.3, -0.25) is 9.69 Å². The first kappa shape index (κ1) is 19.2. The van der Waals surface area contributed by atoms with E-state index in [-0.39, 0.29) is 18.0 Å². The highest BCUT2D eigenvalue weighted by Gasteiger charge is 2.37. The molecule has 3 aliphatic rings. The maximum atomic E-state index is 13.1. The molecule has 148 valence electrons. The summed E-state index contributed by atoms with van der Waals surface area (Å²) in [5, 5.41) is 3.47. The molecule has 0 spiro atoms. The molecule has 4 nitrogen and oxygen atoms in total. The number of fused-ring (bicyclic) bond motifs is 3. The van der Waals surface area contributed by atoms with Crippen molar-refractivity contribution in [2.24, 2.45) is 5.92 Å². The summed E-state index contributed by atoms with van der Waals surface area (Å²) in [6, 6.07) is 20.4. The summed E-state index contributed by atoms with van der Waals surface area (Å²) in [6.07, 6.45) is 3.13. The highest BCUT2D eigenvalue weighted by Crippen LogP contribution is 2.31. The van der Waals surface area contributed by atoms with Gasteiger partial charge in [-0.05, 0) is 55.9 Å². The molecular formula is C24H30N2O2. The molecule has 0 aliphatic carbocycles. The highest BCUT2D eigenvalue weighted by atomic mass is 16.5. The maximum Gasteiger partial charge on any atom is 0.313 e. The van der Waals surface area contributed by atoms with Crippen molar-refractivity contribution in [3.8, 4) is 0 Å². The summed E-state index contributed by atoms with van der Waals surface area (Å²) < 4.78 is 6.05. The van der Waals surface area contributed by atoms with E-state index in [1.165, 1.54) is 5.56 Å². The Morgan fingerprint density at radius 3 is 2.36 bits per heavy atom. The van der Waals surface area contributed by atoms with Gasteiger partial charge in [0.1, 0.15) is 6.10 Å². The molecule has 2 aromatic carbocycles. The van der Waals surface area contributed by atoms with Crippen LogP contribution in [-0.2, 0) is 16.1 Å². The van der Waals surface area contributed by atoms with Crippen LogP contribution in [0.25, 0.3) is 0 Å². The summed E-state index contributed by atoms with van der Waals surface area (Å²) in [7, 11) is 0. The van der Waals surface area contributed by atoms with Crippen molar-refractivity contribution in [1.82, 2.24) is 10.2 Å². The number of ether oxygens (including phenoxy) is 1. The van der Waals surface area contributed by atoms with Crippen LogP contribution in [0, 0.1) is 5.92 Å². The Morgan fingerprint density at radius 2 is 1.71 bits per heavy atom. The zero-order valence-electron chi connectivity index (χ0n) is 16.4. The Hall–Kier alpha value is -2.17. The molecule has 0 aromatic heterocycles. The van der Waals surface area contributed by atoms with Crippen molar-refractivity contribution in [3.05, 3.63) is 71.8 Å². The number of nitrogens with one attached hydrogen (secondary N) is 1. The molecule has 4 heteroatoms. The number of hydrogen-bond acceptors (Lipinski definition) is 4. The van der Waals surface area contributed by atoms with Crippen molar-refractivity contribution in [2.45, 2.75) is 37.8 Å². The molecule has 2 aromatic rings. The van der Waals surface area contributed by atoms with Crippen LogP contribution in [-0.4, -0.2) is 43.2 Å². The minimum Gasteiger partial charge on any atom is -0.460 e. The van der Waals surface area contributed by atoms with Gasteiger partial charge in [0.2, 0.25) is 0 Å². The Kier molecular flexibility index (Phi) is 6.40. The third-order valence-electron chi connectivity index (χ3n) is 6.13. The lowest BCUT2D eigenvalue weighted by Gasteiger charge is -2.44. The zero-order valence-corrected chi connectivity index (χ0v) is 16.4. The van der Waals surface area contributed by atoms with Gasteiger partial charge in [-0.1, -0.05) is 60.7 Å². The Labute approximate surface area is 167 Å². The van der Waals surface area contributed by atoms with E-state index < -0.39 is 0 Å². The lowest BCUT2D eigenvalue weighted by molar-refractivity contribution is -0.160. The number of piperidine rings is 3. The highest BCUT2D eigenvalue weighted by molar-refractivity contribution is 5.78. The molecule has 1 N–H and O–H groups in total. The fraction of sp³-hybridized carbons (Fsp3) is 0.458. The van der Waals surface area contributed by atoms with Crippen LogP contribution in [0.15, 0.2) is 60.7 Å². The van der Waals surface area contributed by atoms with E-state index in [0.29, 0.717) is 5.92 Å². The van der Waals surface area contributed by atoms with Crippen molar-refractivity contribution >= 4 is 5.97 Å². The van der Waals surface area contributed by atoms with Crippen molar-refractivity contribution in [1.29, 1.82) is 0 Å². The summed E-state index contributed by atoms with van der Waals surface area (Å²) >= 11 is 0. The number of esters is 1. The molecule has 2 bridgehead atoms. The van der Waals surface area contributed by atoms with Gasteiger partial charge in [-0.2, -0.15) is 0 Å². The smallest absolute Gasteiger partial charge is 0.313 e. The Balaban J connectivity index is 1.35. The molecule has 2 atom stereocenters. The van der Waals surface area contributed by atoms with E-state index in [4.69, 9.17) is 4.74 Å². The molecule has 3 fully saturated rings. The number of carbonyl (C=O) groups is 1. The Morgan fingerprint density at radius 1 is 1.04 bits per heavy atom. The summed E-state index contributed by atoms with van der Waals surface area (Å²) in [6.45, 7) is 4.82. The topological polar surface area (TPSA) is 41.6 Å². The van der Waals surface area contributed by atoms with Crippen LogP contribution in [0.3, 0.4) is 0 Å². The molecule has 3 heterocycles. The third kappa shape index (κ3) is 4.81. The van der Waals surface area contributed by atoms with Gasteiger partial charge in [0.15, 0.2) is 0 Å². The van der Waals surface area contributed by atoms with E-state index in [0.717, 1.165) is 57.5 Å². The van der Waals surface area contributed by atoms with Gasteiger partial charge in [0, 0.05) is 13.1 Å². The van der Waals surface area contributed by atoms with Crippen molar-refractivity contribution < 1.29 is 9.53 Å². The molecule has 0 amide bonds. The number of benzene rings is 2. The van der Waals surface area contributed by atoms with Gasteiger partial charge in [0.25, 0.3) is 0 Å². The fourth-order valence-corrected chi connectivity index (χ4v) is 4.46. The number of carbonyl (C=O) groups excluding carboxylic acids is 1. The summed E-state index contributed by atoms with van der Waals surface area (Å²) in [5.41, 5.74) is 2.31. The van der Waals surface area contributed by atoms with Crippen LogP contribution >= 0.6 is 0 Å². The average molecular weight is 379 g/mol. The SMILES string of the molecule is O=C(OC1CN2CCC1CC2)C(CCNCc1ccccc1)c1ccccc1. The van der Waals surface area contributed by atoms with E-state index in [1.807, 2.05) is 36.4 Å². The lowest BCUT2D eigenvalue weighted by Crippen LogP contribution is -2.52. The van der Waals surface area contributed by atoms with Crippen LogP contribution < -0.4 is 5.32 Å². The minimum absolute atomic E-state index is 0.0635. The van der Waals surface area contributed by atoms with E-state index >= 15 is 0 Å². The van der Waals surface area contributed by atoms with Gasteiger partial charge >= 0.3 is 5.97 Å². The molecule has 3 aliphatic heterocycles. The fourth-order valence-electron chi connectivity index (χ4n) is 4.46. The summed E-state index contributed by atoms with van der Waals surface area (Å²) in [5.74, 6) is 0.271. The quantitative estimate of drug-likeness (QED) is 0.563. The first-order chi connectivity index (χ1) is 13.8. The number of nitrogens with zero attached hydrogens (tertiary/aromatic N) is 1. The van der Waals surface area contributed by atoms with Gasteiger partial charge in [-0.25, -0.2) is 0 Å². The van der Waals surface area contributed by atoms with Crippen molar-refractivity contribution in [3.63, 3.8) is 0 Å². The lowest BCUT2D eigenvalue weighted by atomic mass is 9.85. The van der Waals surface area contributed by atoms with Gasteiger partial charge in [-0.15, -0.1) is 0 Å². The minimum atomic E-state index is -0.208. The predicted molar refractivity (Wildman–Crippen MR) is 111 cm³/mol. The van der Waals surface area contributed by atoms with Crippen LogP contribution in [0.1, 0.15) is 36.3 Å². The Bertz CT molecular complexity index is 742. The number of hydrogen-bond donors (Lipinski definition) is 1. The molecule has 2 unspecified atom stereocenters. The summed E-state index contributed by atoms with van der Waals surface area (Å²) in [4.78, 5) is 15.5. The molecule has 28 heavy (non-hydrogen) atoms. The number of rotatable bonds is 8. The van der Waals surface area contributed by atoms with Crippen molar-refractivity contribution in [2.75, 3.05) is 26.2 Å². The molecule has 3 saturated heterocycles. The van der Waals surface area contributed by atoms with Crippen LogP contribution in [0.2, 0.25) is 0 Å². The standard InChI is InChI=1S/C24H30N2O2/c27-24(28-23-18-26-15-12-21(23)13-16-26)22(20-9-5-2-6-10-20)11-14-25-17-19-7-3-1-4-8-19/h1-10,21-23,25H,11-18H2. The van der Waals surface area contributed by atoms with Crippen LogP contribution in [0.5, 0.6) is 0 Å². The van der Waals surface area contributed by atoms with Gasteiger partial charge < -0.3 is 10.1 Å². The average Bonchev–Trinajstić information content (AvgIpc) is 2.76.